The first kappa shape index (κ1) is 14.7. The molecule has 0 spiro atoms. The second-order valence-corrected chi connectivity index (χ2v) is 6.10. The fourth-order valence-electron chi connectivity index (χ4n) is 2.72. The summed E-state index contributed by atoms with van der Waals surface area (Å²) in [6.07, 6.45) is 0.207. The highest BCUT2D eigenvalue weighted by Crippen LogP contribution is 2.34. The number of likely N-dealkylation sites (N-methyl/N-ethyl adjacent to an activating group) is 1. The molecule has 1 heterocycles. The highest BCUT2D eigenvalue weighted by atomic mass is 32.2. The van der Waals surface area contributed by atoms with Gasteiger partial charge < -0.3 is 14.8 Å². The molecule has 0 bridgehead atoms. The van der Waals surface area contributed by atoms with Crippen LogP contribution >= 0.6 is 11.8 Å². The van der Waals surface area contributed by atoms with Gasteiger partial charge in [-0.1, -0.05) is 6.07 Å². The molecule has 4 heteroatoms. The van der Waals surface area contributed by atoms with E-state index in [4.69, 9.17) is 9.47 Å². The van der Waals surface area contributed by atoms with E-state index in [1.165, 1.54) is 16.7 Å². The lowest BCUT2D eigenvalue weighted by atomic mass is 9.94. The summed E-state index contributed by atoms with van der Waals surface area (Å²) in [7, 11) is 3.73. The Morgan fingerprint density at radius 2 is 2.21 bits per heavy atom. The van der Waals surface area contributed by atoms with Crippen LogP contribution in [0, 0.1) is 13.8 Å². The van der Waals surface area contributed by atoms with Crippen LogP contribution in [0.15, 0.2) is 12.1 Å². The van der Waals surface area contributed by atoms with Gasteiger partial charge >= 0.3 is 0 Å². The zero-order chi connectivity index (χ0) is 13.8. The van der Waals surface area contributed by atoms with Crippen molar-refractivity contribution in [2.75, 3.05) is 32.3 Å². The zero-order valence-electron chi connectivity index (χ0n) is 12.2. The van der Waals surface area contributed by atoms with Crippen molar-refractivity contribution >= 4 is 11.8 Å². The Kier molecular flexibility index (Phi) is 5.13. The lowest BCUT2D eigenvalue weighted by molar-refractivity contribution is 0.0480. The molecule has 1 aliphatic heterocycles. The van der Waals surface area contributed by atoms with Crippen LogP contribution in [0.2, 0.25) is 0 Å². The fourth-order valence-corrected chi connectivity index (χ4v) is 3.62. The predicted octanol–water partition coefficient (Wildman–Crippen LogP) is 2.70. The first-order valence-electron chi connectivity index (χ1n) is 6.69. The predicted molar refractivity (Wildman–Crippen MR) is 81.3 cm³/mol. The smallest absolute Gasteiger partial charge is 0.124 e. The number of thioether (sulfide) groups is 1. The molecule has 2 unspecified atom stereocenters. The van der Waals surface area contributed by atoms with E-state index in [9.17, 15) is 0 Å². The Hall–Kier alpha value is -0.710. The van der Waals surface area contributed by atoms with Gasteiger partial charge in [0.05, 0.1) is 25.9 Å². The summed E-state index contributed by atoms with van der Waals surface area (Å²) in [6.45, 7) is 5.08. The van der Waals surface area contributed by atoms with Gasteiger partial charge in [0, 0.05) is 17.1 Å². The monoisotopic (exact) mass is 281 g/mol. The van der Waals surface area contributed by atoms with Crippen LogP contribution < -0.4 is 10.1 Å². The quantitative estimate of drug-likeness (QED) is 0.919. The van der Waals surface area contributed by atoms with Gasteiger partial charge in [-0.25, -0.2) is 0 Å². The molecule has 19 heavy (non-hydrogen) atoms. The second-order valence-electron chi connectivity index (χ2n) is 4.95. The van der Waals surface area contributed by atoms with E-state index in [2.05, 4.69) is 31.3 Å². The molecule has 1 saturated heterocycles. The topological polar surface area (TPSA) is 30.5 Å². The number of rotatable bonds is 4. The number of ether oxygens (including phenoxy) is 2. The van der Waals surface area contributed by atoms with Gasteiger partial charge in [-0.15, -0.1) is 0 Å². The van der Waals surface area contributed by atoms with Gasteiger partial charge in [0.1, 0.15) is 5.75 Å². The Morgan fingerprint density at radius 3 is 2.79 bits per heavy atom. The standard InChI is InChI=1S/C15H23NO2S/c1-10-7-11(2)14(12(8-10)17-4)15(16-3)13-9-19-6-5-18-13/h7-8,13,15-16H,5-6,9H2,1-4H3. The Bertz CT molecular complexity index is 430. The Morgan fingerprint density at radius 1 is 1.42 bits per heavy atom. The molecule has 1 N–H and O–H groups in total. The minimum Gasteiger partial charge on any atom is -0.496 e. The first-order chi connectivity index (χ1) is 9.17. The summed E-state index contributed by atoms with van der Waals surface area (Å²) in [5.74, 6) is 3.08. The molecule has 1 fully saturated rings. The lowest BCUT2D eigenvalue weighted by Gasteiger charge is -2.32. The summed E-state index contributed by atoms with van der Waals surface area (Å²) in [5, 5.41) is 3.40. The number of nitrogens with one attached hydrogen (secondary N) is 1. The van der Waals surface area contributed by atoms with Crippen LogP contribution in [0.5, 0.6) is 5.75 Å². The Labute approximate surface area is 120 Å². The molecular formula is C15H23NO2S. The highest BCUT2D eigenvalue weighted by molar-refractivity contribution is 7.99. The molecule has 106 valence electrons. The second kappa shape index (κ2) is 6.64. The third-order valence-electron chi connectivity index (χ3n) is 3.55. The number of hydrogen-bond donors (Lipinski definition) is 1. The maximum atomic E-state index is 5.93. The van der Waals surface area contributed by atoms with Gasteiger partial charge in [-0.3, -0.25) is 0 Å². The summed E-state index contributed by atoms with van der Waals surface area (Å²) in [4.78, 5) is 0. The summed E-state index contributed by atoms with van der Waals surface area (Å²) >= 11 is 1.96. The van der Waals surface area contributed by atoms with Crippen LogP contribution in [-0.2, 0) is 4.74 Å². The average molecular weight is 281 g/mol. The molecule has 1 aliphatic rings. The van der Waals surface area contributed by atoms with Crippen LogP contribution in [-0.4, -0.2) is 38.4 Å². The first-order valence-corrected chi connectivity index (χ1v) is 7.84. The van der Waals surface area contributed by atoms with Gasteiger partial charge in [0.15, 0.2) is 0 Å². The van der Waals surface area contributed by atoms with Crippen LogP contribution in [0.4, 0.5) is 0 Å². The van der Waals surface area contributed by atoms with Crippen LogP contribution in [0.25, 0.3) is 0 Å². The molecule has 0 aliphatic carbocycles. The zero-order valence-corrected chi connectivity index (χ0v) is 13.0. The molecule has 0 radical (unpaired) electrons. The van der Waals surface area contributed by atoms with Crippen LogP contribution in [0.3, 0.4) is 0 Å². The minimum absolute atomic E-state index is 0.184. The lowest BCUT2D eigenvalue weighted by Crippen LogP contribution is -2.37. The number of methoxy groups -OCH3 is 1. The molecule has 0 aromatic heterocycles. The Balaban J connectivity index is 2.36. The molecule has 2 rings (SSSR count). The molecule has 2 atom stereocenters. The summed E-state index contributed by atoms with van der Waals surface area (Å²) in [6, 6.07) is 4.49. The molecule has 1 aromatic rings. The SMILES string of the molecule is CNC(c1c(C)cc(C)cc1OC)C1CSCCO1. The van der Waals surface area contributed by atoms with E-state index in [0.29, 0.717) is 0 Å². The third kappa shape index (κ3) is 3.25. The van der Waals surface area contributed by atoms with E-state index in [1.807, 2.05) is 18.8 Å². The van der Waals surface area contributed by atoms with E-state index >= 15 is 0 Å². The van der Waals surface area contributed by atoms with Gasteiger partial charge in [-0.2, -0.15) is 11.8 Å². The third-order valence-corrected chi connectivity index (χ3v) is 4.57. The minimum atomic E-state index is 0.184. The van der Waals surface area contributed by atoms with Gasteiger partial charge in [-0.05, 0) is 38.1 Å². The fraction of sp³-hybridized carbons (Fsp3) is 0.600. The van der Waals surface area contributed by atoms with Crippen molar-refractivity contribution in [3.63, 3.8) is 0 Å². The van der Waals surface area contributed by atoms with Crippen molar-refractivity contribution in [2.24, 2.45) is 0 Å². The normalized spacial score (nSPS) is 21.2. The number of benzene rings is 1. The largest absolute Gasteiger partial charge is 0.496 e. The van der Waals surface area contributed by atoms with Crippen molar-refractivity contribution in [2.45, 2.75) is 26.0 Å². The van der Waals surface area contributed by atoms with E-state index < -0.39 is 0 Å². The molecule has 1 aromatic carbocycles. The summed E-state index contributed by atoms with van der Waals surface area (Å²) < 4.78 is 11.5. The average Bonchev–Trinajstić information content (AvgIpc) is 2.42. The van der Waals surface area contributed by atoms with E-state index in [0.717, 1.165) is 23.9 Å². The van der Waals surface area contributed by atoms with Gasteiger partial charge in [0.2, 0.25) is 0 Å². The number of hydrogen-bond acceptors (Lipinski definition) is 4. The van der Waals surface area contributed by atoms with Crippen molar-refractivity contribution in [1.29, 1.82) is 0 Å². The van der Waals surface area contributed by atoms with Crippen LogP contribution in [0.1, 0.15) is 22.7 Å². The maximum Gasteiger partial charge on any atom is 0.124 e. The molecule has 3 nitrogen and oxygen atoms in total. The van der Waals surface area contributed by atoms with Gasteiger partial charge in [0.25, 0.3) is 0 Å². The number of aryl methyl sites for hydroxylation is 2. The molecular weight excluding hydrogens is 258 g/mol. The van der Waals surface area contributed by atoms with Crippen molar-refractivity contribution in [3.8, 4) is 5.75 Å². The van der Waals surface area contributed by atoms with E-state index in [-0.39, 0.29) is 12.1 Å². The maximum absolute atomic E-state index is 5.93. The van der Waals surface area contributed by atoms with Crippen molar-refractivity contribution in [1.82, 2.24) is 5.32 Å². The molecule has 0 amide bonds. The van der Waals surface area contributed by atoms with Crippen molar-refractivity contribution in [3.05, 3.63) is 28.8 Å². The summed E-state index contributed by atoms with van der Waals surface area (Å²) in [5.41, 5.74) is 3.71. The highest BCUT2D eigenvalue weighted by Gasteiger charge is 2.28. The van der Waals surface area contributed by atoms with E-state index in [1.54, 1.807) is 7.11 Å². The molecule has 0 saturated carbocycles. The van der Waals surface area contributed by atoms with Crippen molar-refractivity contribution < 1.29 is 9.47 Å².